The van der Waals surface area contributed by atoms with E-state index in [4.69, 9.17) is 4.74 Å². The van der Waals surface area contributed by atoms with Gasteiger partial charge in [-0.3, -0.25) is 9.78 Å². The molecule has 3 rings (SSSR count). The predicted molar refractivity (Wildman–Crippen MR) is 89.7 cm³/mol. The Morgan fingerprint density at radius 2 is 2.04 bits per heavy atom. The summed E-state index contributed by atoms with van der Waals surface area (Å²) in [6.45, 7) is 2.20. The lowest BCUT2D eigenvalue weighted by molar-refractivity contribution is 0.0937. The Kier molecular flexibility index (Phi) is 4.98. The van der Waals surface area contributed by atoms with E-state index in [-0.39, 0.29) is 11.9 Å². The van der Waals surface area contributed by atoms with Crippen molar-refractivity contribution in [3.05, 3.63) is 65.7 Å². The number of tetrazole rings is 1. The average molecular weight is 338 g/mol. The molecule has 0 fully saturated rings. The minimum atomic E-state index is -0.299. The van der Waals surface area contributed by atoms with Gasteiger partial charge < -0.3 is 10.1 Å². The molecule has 2 heterocycles. The molecule has 0 aliphatic rings. The number of amides is 1. The van der Waals surface area contributed by atoms with Crippen molar-refractivity contribution in [2.75, 3.05) is 0 Å². The highest BCUT2D eigenvalue weighted by Crippen LogP contribution is 2.15. The minimum absolute atomic E-state index is 0.202. The lowest BCUT2D eigenvalue weighted by atomic mass is 10.2. The van der Waals surface area contributed by atoms with Crippen LogP contribution < -0.4 is 10.1 Å². The summed E-state index contributed by atoms with van der Waals surface area (Å²) < 4.78 is 7.19. The first kappa shape index (κ1) is 16.6. The summed E-state index contributed by atoms with van der Waals surface area (Å²) in [5, 5.41) is 14.1. The van der Waals surface area contributed by atoms with E-state index in [1.165, 1.54) is 4.68 Å². The molecular formula is C17H18N6O2. The van der Waals surface area contributed by atoms with Gasteiger partial charge in [0.1, 0.15) is 12.4 Å². The molecule has 0 saturated heterocycles. The lowest BCUT2D eigenvalue weighted by Crippen LogP contribution is -2.28. The number of hydrogen-bond acceptors (Lipinski definition) is 6. The first-order valence-electron chi connectivity index (χ1n) is 7.79. The Hall–Kier alpha value is -3.29. The molecular weight excluding hydrogens is 320 g/mol. The molecule has 128 valence electrons. The third kappa shape index (κ3) is 4.17. The van der Waals surface area contributed by atoms with Gasteiger partial charge in [0.05, 0.1) is 11.7 Å². The molecule has 1 N–H and O–H groups in total. The van der Waals surface area contributed by atoms with E-state index < -0.39 is 0 Å². The summed E-state index contributed by atoms with van der Waals surface area (Å²) in [6, 6.07) is 12.3. The molecule has 1 unspecified atom stereocenters. The number of benzene rings is 1. The molecule has 3 aromatic rings. The van der Waals surface area contributed by atoms with E-state index in [0.717, 1.165) is 5.69 Å². The van der Waals surface area contributed by atoms with Gasteiger partial charge in [-0.25, -0.2) is 4.68 Å². The lowest BCUT2D eigenvalue weighted by Gasteiger charge is -2.12. The van der Waals surface area contributed by atoms with E-state index in [2.05, 4.69) is 25.8 Å². The highest BCUT2D eigenvalue weighted by Gasteiger charge is 2.16. The number of rotatable bonds is 6. The van der Waals surface area contributed by atoms with Crippen LogP contribution in [0.5, 0.6) is 5.75 Å². The van der Waals surface area contributed by atoms with Crippen LogP contribution in [0.4, 0.5) is 0 Å². The minimum Gasteiger partial charge on any atom is -0.487 e. The van der Waals surface area contributed by atoms with Crippen molar-refractivity contribution in [3.8, 4) is 5.75 Å². The summed E-state index contributed by atoms with van der Waals surface area (Å²) in [6.07, 6.45) is 1.72. The molecule has 0 aliphatic carbocycles. The van der Waals surface area contributed by atoms with Crippen LogP contribution >= 0.6 is 0 Å². The number of pyridine rings is 1. The molecule has 2 aromatic heterocycles. The summed E-state index contributed by atoms with van der Waals surface area (Å²) in [5.74, 6) is 1.06. The zero-order valence-electron chi connectivity index (χ0n) is 14.0. The average Bonchev–Trinajstić information content (AvgIpc) is 3.07. The summed E-state index contributed by atoms with van der Waals surface area (Å²) in [7, 11) is 1.73. The Bertz CT molecular complexity index is 832. The van der Waals surface area contributed by atoms with Gasteiger partial charge in [-0.1, -0.05) is 6.07 Å². The van der Waals surface area contributed by atoms with Crippen LogP contribution in [0.2, 0.25) is 0 Å². The number of aryl methyl sites for hydroxylation is 1. The van der Waals surface area contributed by atoms with E-state index in [0.29, 0.717) is 23.7 Å². The van der Waals surface area contributed by atoms with Crippen LogP contribution in [0.25, 0.3) is 0 Å². The standard InChI is InChI=1S/C17H18N6O2/c1-12(16-20-21-22-23(16)2)19-17(24)13-6-8-15(9-7-13)25-11-14-5-3-4-10-18-14/h3-10,12H,11H2,1-2H3,(H,19,24). The largest absolute Gasteiger partial charge is 0.487 e. The number of aromatic nitrogens is 5. The first-order chi connectivity index (χ1) is 12.1. The summed E-state index contributed by atoms with van der Waals surface area (Å²) >= 11 is 0. The molecule has 1 aromatic carbocycles. The third-order valence-electron chi connectivity index (χ3n) is 3.62. The first-order valence-corrected chi connectivity index (χ1v) is 7.79. The number of ether oxygens (including phenoxy) is 1. The molecule has 0 bridgehead atoms. The number of carbonyl (C=O) groups excluding carboxylic acids is 1. The summed E-state index contributed by atoms with van der Waals surface area (Å²) in [5.41, 5.74) is 1.38. The van der Waals surface area contributed by atoms with Gasteiger partial charge in [0.25, 0.3) is 5.91 Å². The van der Waals surface area contributed by atoms with Crippen molar-refractivity contribution in [2.24, 2.45) is 7.05 Å². The Morgan fingerprint density at radius 1 is 1.24 bits per heavy atom. The normalized spacial score (nSPS) is 11.8. The maximum atomic E-state index is 12.3. The van der Waals surface area contributed by atoms with Crippen LogP contribution in [0.1, 0.15) is 34.8 Å². The SMILES string of the molecule is CC(NC(=O)c1ccc(OCc2ccccn2)cc1)c1nnnn1C. The molecule has 0 spiro atoms. The Balaban J connectivity index is 1.58. The molecule has 1 atom stereocenters. The van der Waals surface area contributed by atoms with Crippen molar-refractivity contribution in [1.29, 1.82) is 0 Å². The van der Waals surface area contributed by atoms with Crippen LogP contribution in [0.3, 0.4) is 0 Å². The molecule has 0 saturated carbocycles. The fourth-order valence-electron chi connectivity index (χ4n) is 2.29. The predicted octanol–water partition coefficient (Wildman–Crippen LogP) is 1.68. The molecule has 25 heavy (non-hydrogen) atoms. The van der Waals surface area contributed by atoms with E-state index in [9.17, 15) is 4.79 Å². The fourth-order valence-corrected chi connectivity index (χ4v) is 2.29. The fraction of sp³-hybridized carbons (Fsp3) is 0.235. The zero-order chi connectivity index (χ0) is 17.6. The van der Waals surface area contributed by atoms with Gasteiger partial charge in [0, 0.05) is 18.8 Å². The highest BCUT2D eigenvalue weighted by molar-refractivity contribution is 5.94. The summed E-state index contributed by atoms with van der Waals surface area (Å²) in [4.78, 5) is 16.5. The maximum Gasteiger partial charge on any atom is 0.251 e. The molecule has 0 aliphatic heterocycles. The molecule has 8 nitrogen and oxygen atoms in total. The maximum absolute atomic E-state index is 12.3. The second-order valence-electron chi connectivity index (χ2n) is 5.49. The second-order valence-corrected chi connectivity index (χ2v) is 5.49. The monoisotopic (exact) mass is 338 g/mol. The van der Waals surface area contributed by atoms with Crippen LogP contribution in [-0.2, 0) is 13.7 Å². The van der Waals surface area contributed by atoms with Gasteiger partial charge in [0.15, 0.2) is 5.82 Å². The van der Waals surface area contributed by atoms with Crippen molar-refractivity contribution < 1.29 is 9.53 Å². The molecule has 8 heteroatoms. The highest BCUT2D eigenvalue weighted by atomic mass is 16.5. The second kappa shape index (κ2) is 7.52. The Labute approximate surface area is 144 Å². The number of carbonyl (C=O) groups is 1. The van der Waals surface area contributed by atoms with Gasteiger partial charge in [-0.05, 0) is 53.7 Å². The topological polar surface area (TPSA) is 94.8 Å². The van der Waals surface area contributed by atoms with Gasteiger partial charge >= 0.3 is 0 Å². The van der Waals surface area contributed by atoms with Crippen molar-refractivity contribution in [1.82, 2.24) is 30.5 Å². The van der Waals surface area contributed by atoms with E-state index >= 15 is 0 Å². The van der Waals surface area contributed by atoms with Crippen LogP contribution in [0, 0.1) is 0 Å². The van der Waals surface area contributed by atoms with Crippen molar-refractivity contribution in [2.45, 2.75) is 19.6 Å². The zero-order valence-corrected chi connectivity index (χ0v) is 14.0. The number of nitrogens with one attached hydrogen (secondary N) is 1. The van der Waals surface area contributed by atoms with Crippen LogP contribution in [0.15, 0.2) is 48.7 Å². The quantitative estimate of drug-likeness (QED) is 0.735. The Morgan fingerprint density at radius 3 is 2.68 bits per heavy atom. The van der Waals surface area contributed by atoms with Gasteiger partial charge in [-0.2, -0.15) is 0 Å². The number of nitrogens with zero attached hydrogens (tertiary/aromatic N) is 5. The number of hydrogen-bond donors (Lipinski definition) is 1. The van der Waals surface area contributed by atoms with Gasteiger partial charge in [0.2, 0.25) is 0 Å². The van der Waals surface area contributed by atoms with E-state index in [1.54, 1.807) is 37.5 Å². The molecule has 1 amide bonds. The molecule has 0 radical (unpaired) electrons. The van der Waals surface area contributed by atoms with E-state index in [1.807, 2.05) is 25.1 Å². The smallest absolute Gasteiger partial charge is 0.251 e. The van der Waals surface area contributed by atoms with Crippen molar-refractivity contribution in [3.63, 3.8) is 0 Å². The van der Waals surface area contributed by atoms with Crippen molar-refractivity contribution >= 4 is 5.91 Å². The third-order valence-corrected chi connectivity index (χ3v) is 3.62. The van der Waals surface area contributed by atoms with Crippen LogP contribution in [-0.4, -0.2) is 31.1 Å². The van der Waals surface area contributed by atoms with Gasteiger partial charge in [-0.15, -0.1) is 5.10 Å².